The predicted molar refractivity (Wildman–Crippen MR) is 130 cm³/mol. The van der Waals surface area contributed by atoms with Crippen LogP contribution in [0.3, 0.4) is 0 Å². The molecule has 172 valence electrons. The first-order valence-corrected chi connectivity index (χ1v) is 11.6. The number of hydrogen-bond acceptors (Lipinski definition) is 5. The van der Waals surface area contributed by atoms with E-state index < -0.39 is 0 Å². The number of nitrogens with zero attached hydrogens (tertiary/aromatic N) is 5. The quantitative estimate of drug-likeness (QED) is 0.407. The van der Waals surface area contributed by atoms with E-state index in [1.165, 1.54) is 11.9 Å². The first kappa shape index (κ1) is 22.1. The highest BCUT2D eigenvalue weighted by Crippen LogP contribution is 2.35. The highest BCUT2D eigenvalue weighted by Gasteiger charge is 2.25. The van der Waals surface area contributed by atoms with E-state index in [4.69, 9.17) is 16.3 Å². The van der Waals surface area contributed by atoms with Gasteiger partial charge < -0.3 is 9.64 Å². The Balaban J connectivity index is 1.47. The Bertz CT molecular complexity index is 1290. The maximum absolute atomic E-state index is 13.6. The lowest BCUT2D eigenvalue weighted by Gasteiger charge is -2.32. The van der Waals surface area contributed by atoms with Crippen LogP contribution in [0.25, 0.3) is 16.8 Å². The molecule has 8 heteroatoms. The van der Waals surface area contributed by atoms with Crippen LogP contribution in [-0.4, -0.2) is 51.2 Å². The van der Waals surface area contributed by atoms with Crippen molar-refractivity contribution in [2.75, 3.05) is 20.2 Å². The van der Waals surface area contributed by atoms with Crippen LogP contribution < -0.4 is 4.74 Å². The van der Waals surface area contributed by atoms with E-state index in [1.807, 2.05) is 41.3 Å². The molecule has 0 bridgehead atoms. The molecule has 34 heavy (non-hydrogen) atoms. The molecule has 1 saturated heterocycles. The molecule has 1 aliphatic rings. The minimum absolute atomic E-state index is 0.0105. The Labute approximate surface area is 202 Å². The topological polar surface area (TPSA) is 73.1 Å². The number of tetrazole rings is 1. The van der Waals surface area contributed by atoms with E-state index in [1.54, 1.807) is 17.9 Å². The van der Waals surface area contributed by atoms with Gasteiger partial charge in [0, 0.05) is 29.2 Å². The number of amides is 1. The first-order chi connectivity index (χ1) is 16.6. The van der Waals surface area contributed by atoms with E-state index in [2.05, 4.69) is 39.8 Å². The van der Waals surface area contributed by atoms with Gasteiger partial charge in [0.25, 0.3) is 5.91 Å². The van der Waals surface area contributed by atoms with Crippen molar-refractivity contribution >= 4 is 17.5 Å². The molecular weight excluding hydrogens is 450 g/mol. The molecule has 1 fully saturated rings. The number of aromatic nitrogens is 4. The van der Waals surface area contributed by atoms with Crippen molar-refractivity contribution in [2.24, 2.45) is 0 Å². The summed E-state index contributed by atoms with van der Waals surface area (Å²) in [6.07, 6.45) is 3.39. The van der Waals surface area contributed by atoms with E-state index in [-0.39, 0.29) is 5.91 Å². The number of carbonyl (C=O) groups excluding carboxylic acids is 1. The second kappa shape index (κ2) is 9.65. The number of hydrogen-bond donors (Lipinski definition) is 0. The molecule has 5 rings (SSSR count). The summed E-state index contributed by atoms with van der Waals surface area (Å²) in [6.45, 7) is 1.42. The lowest BCUT2D eigenvalue weighted by molar-refractivity contribution is 0.0713. The number of methoxy groups -OCH3 is 1. The minimum atomic E-state index is -0.0105. The van der Waals surface area contributed by atoms with E-state index >= 15 is 0 Å². The fourth-order valence-electron chi connectivity index (χ4n) is 4.53. The van der Waals surface area contributed by atoms with E-state index in [9.17, 15) is 4.79 Å². The Morgan fingerprint density at radius 1 is 1.03 bits per heavy atom. The van der Waals surface area contributed by atoms with Gasteiger partial charge in [-0.15, -0.1) is 5.10 Å². The standard InChI is InChI=1S/C26H24ClN5O2/c1-34-25-8-7-22(27)16-24(25)20-13-21(15-23(14-20)32-17-28-29-30-32)26(33)31-11-9-19(10-12-31)18-5-3-2-4-6-18/h2-8,13-17,19H,9-12H2,1H3. The molecule has 0 spiro atoms. The van der Waals surface area contributed by atoms with Gasteiger partial charge in [-0.2, -0.15) is 0 Å². The van der Waals surface area contributed by atoms with Crippen molar-refractivity contribution in [1.29, 1.82) is 0 Å². The number of carbonyl (C=O) groups is 1. The second-order valence-electron chi connectivity index (χ2n) is 8.34. The Morgan fingerprint density at radius 2 is 1.82 bits per heavy atom. The zero-order chi connectivity index (χ0) is 23.5. The van der Waals surface area contributed by atoms with Crippen LogP contribution in [0.1, 0.15) is 34.7 Å². The van der Waals surface area contributed by atoms with Gasteiger partial charge in [0.05, 0.1) is 12.8 Å². The SMILES string of the molecule is COc1ccc(Cl)cc1-c1cc(C(=O)N2CCC(c3ccccc3)CC2)cc(-n2cnnn2)c1. The summed E-state index contributed by atoms with van der Waals surface area (Å²) < 4.78 is 7.10. The molecule has 3 aromatic carbocycles. The first-order valence-electron chi connectivity index (χ1n) is 11.2. The lowest BCUT2D eigenvalue weighted by atomic mass is 9.89. The molecular formula is C26H24ClN5O2. The van der Waals surface area contributed by atoms with Crippen LogP contribution >= 0.6 is 11.6 Å². The van der Waals surface area contributed by atoms with Gasteiger partial charge in [-0.05, 0) is 76.7 Å². The molecule has 4 aromatic rings. The second-order valence-corrected chi connectivity index (χ2v) is 8.78. The monoisotopic (exact) mass is 473 g/mol. The molecule has 1 aliphatic heterocycles. The zero-order valence-corrected chi connectivity index (χ0v) is 19.5. The van der Waals surface area contributed by atoms with Crippen LogP contribution in [0.15, 0.2) is 73.1 Å². The average molecular weight is 474 g/mol. The van der Waals surface area contributed by atoms with Crippen LogP contribution in [0.4, 0.5) is 0 Å². The van der Waals surface area contributed by atoms with Gasteiger partial charge in [-0.3, -0.25) is 4.79 Å². The normalized spacial score (nSPS) is 14.2. The third-order valence-electron chi connectivity index (χ3n) is 6.30. The van der Waals surface area contributed by atoms with Crippen LogP contribution in [0.2, 0.25) is 5.02 Å². The van der Waals surface area contributed by atoms with Crippen molar-refractivity contribution in [2.45, 2.75) is 18.8 Å². The summed E-state index contributed by atoms with van der Waals surface area (Å²) in [6, 6.07) is 21.6. The molecule has 2 heterocycles. The van der Waals surface area contributed by atoms with Crippen molar-refractivity contribution in [3.05, 3.63) is 89.2 Å². The molecule has 7 nitrogen and oxygen atoms in total. The third kappa shape index (κ3) is 4.52. The Hall–Kier alpha value is -3.71. The molecule has 0 atom stereocenters. The van der Waals surface area contributed by atoms with Gasteiger partial charge in [-0.25, -0.2) is 4.68 Å². The van der Waals surface area contributed by atoms with Crippen molar-refractivity contribution in [3.8, 4) is 22.6 Å². The summed E-state index contributed by atoms with van der Waals surface area (Å²) >= 11 is 6.28. The fourth-order valence-corrected chi connectivity index (χ4v) is 4.70. The lowest BCUT2D eigenvalue weighted by Crippen LogP contribution is -2.38. The molecule has 0 saturated carbocycles. The summed E-state index contributed by atoms with van der Waals surface area (Å²) in [5.41, 5.74) is 4.19. The fraction of sp³-hybridized carbons (Fsp3) is 0.231. The van der Waals surface area contributed by atoms with Crippen molar-refractivity contribution in [3.63, 3.8) is 0 Å². The number of likely N-dealkylation sites (tertiary alicyclic amines) is 1. The molecule has 1 aromatic heterocycles. The van der Waals surface area contributed by atoms with Crippen molar-refractivity contribution < 1.29 is 9.53 Å². The van der Waals surface area contributed by atoms with Crippen LogP contribution in [0.5, 0.6) is 5.75 Å². The van der Waals surface area contributed by atoms with Gasteiger partial charge >= 0.3 is 0 Å². The average Bonchev–Trinajstić information content (AvgIpc) is 3.44. The maximum atomic E-state index is 13.6. The highest BCUT2D eigenvalue weighted by atomic mass is 35.5. The van der Waals surface area contributed by atoms with Gasteiger partial charge in [0.15, 0.2) is 0 Å². The third-order valence-corrected chi connectivity index (χ3v) is 6.54. The van der Waals surface area contributed by atoms with Crippen molar-refractivity contribution in [1.82, 2.24) is 25.1 Å². The van der Waals surface area contributed by atoms with Gasteiger partial charge in [-0.1, -0.05) is 41.9 Å². The molecule has 0 radical (unpaired) electrons. The summed E-state index contributed by atoms with van der Waals surface area (Å²) in [4.78, 5) is 15.5. The highest BCUT2D eigenvalue weighted by molar-refractivity contribution is 6.31. The maximum Gasteiger partial charge on any atom is 0.253 e. The van der Waals surface area contributed by atoms with Crippen LogP contribution in [-0.2, 0) is 0 Å². The Kier molecular flexibility index (Phi) is 6.27. The number of benzene rings is 3. The molecule has 1 amide bonds. The zero-order valence-electron chi connectivity index (χ0n) is 18.8. The number of piperidine rings is 1. The van der Waals surface area contributed by atoms with Gasteiger partial charge in [0.1, 0.15) is 12.1 Å². The van der Waals surface area contributed by atoms with E-state index in [0.29, 0.717) is 41.0 Å². The summed E-state index contributed by atoms with van der Waals surface area (Å²) in [7, 11) is 1.61. The smallest absolute Gasteiger partial charge is 0.253 e. The van der Waals surface area contributed by atoms with Crippen LogP contribution in [0, 0.1) is 0 Å². The predicted octanol–water partition coefficient (Wildman–Crippen LogP) is 5.01. The number of halogens is 1. The number of ether oxygens (including phenoxy) is 1. The number of rotatable bonds is 5. The molecule has 0 aliphatic carbocycles. The minimum Gasteiger partial charge on any atom is -0.496 e. The molecule has 0 unspecified atom stereocenters. The van der Waals surface area contributed by atoms with Gasteiger partial charge in [0.2, 0.25) is 0 Å². The molecule has 0 N–H and O–H groups in total. The largest absolute Gasteiger partial charge is 0.496 e. The van der Waals surface area contributed by atoms with E-state index in [0.717, 1.165) is 24.0 Å². The summed E-state index contributed by atoms with van der Waals surface area (Å²) in [5.74, 6) is 1.13. The summed E-state index contributed by atoms with van der Waals surface area (Å²) in [5, 5.41) is 12.1. The Morgan fingerprint density at radius 3 is 2.53 bits per heavy atom.